The fourth-order valence-corrected chi connectivity index (χ4v) is 3.76. The first kappa shape index (κ1) is 13.9. The molecule has 3 heteroatoms. The van der Waals surface area contributed by atoms with Gasteiger partial charge < -0.3 is 9.84 Å². The van der Waals surface area contributed by atoms with Gasteiger partial charge in [0.15, 0.2) is 0 Å². The van der Waals surface area contributed by atoms with Gasteiger partial charge in [0, 0.05) is 19.2 Å². The smallest absolute Gasteiger partial charge is 0.115 e. The Kier molecular flexibility index (Phi) is 4.27. The van der Waals surface area contributed by atoms with E-state index in [0.29, 0.717) is 17.9 Å². The van der Waals surface area contributed by atoms with Gasteiger partial charge in [-0.3, -0.25) is 4.90 Å². The standard InChI is InChI=1S/C17H25NO2/c1-2-20-15-6-4-10-18(12-15)17-7-3-5-13-8-9-14(19)11-16(13)17/h8-9,11,15,17,19H,2-7,10,12H2,1H3. The van der Waals surface area contributed by atoms with Crippen molar-refractivity contribution in [3.63, 3.8) is 0 Å². The first-order valence-electron chi connectivity index (χ1n) is 7.95. The molecule has 2 unspecified atom stereocenters. The molecule has 1 heterocycles. The number of likely N-dealkylation sites (tertiary alicyclic amines) is 1. The zero-order chi connectivity index (χ0) is 13.9. The lowest BCUT2D eigenvalue weighted by Crippen LogP contribution is -2.42. The molecule has 1 aliphatic heterocycles. The zero-order valence-corrected chi connectivity index (χ0v) is 12.3. The molecule has 0 aromatic heterocycles. The molecule has 0 radical (unpaired) electrons. The Balaban J connectivity index is 1.79. The molecule has 0 saturated carbocycles. The van der Waals surface area contributed by atoms with Crippen molar-refractivity contribution in [2.45, 2.75) is 51.2 Å². The molecule has 2 aliphatic rings. The fourth-order valence-electron chi connectivity index (χ4n) is 3.76. The van der Waals surface area contributed by atoms with E-state index in [2.05, 4.69) is 17.9 Å². The van der Waals surface area contributed by atoms with Crippen LogP contribution in [-0.2, 0) is 11.2 Å². The van der Waals surface area contributed by atoms with E-state index < -0.39 is 0 Å². The summed E-state index contributed by atoms with van der Waals surface area (Å²) < 4.78 is 5.82. The van der Waals surface area contributed by atoms with Crippen molar-refractivity contribution < 1.29 is 9.84 Å². The van der Waals surface area contributed by atoms with Crippen LogP contribution >= 0.6 is 0 Å². The van der Waals surface area contributed by atoms with Gasteiger partial charge in [-0.15, -0.1) is 0 Å². The summed E-state index contributed by atoms with van der Waals surface area (Å²) in [5.41, 5.74) is 2.76. The molecule has 1 aromatic carbocycles. The van der Waals surface area contributed by atoms with E-state index in [9.17, 15) is 5.11 Å². The number of piperidine rings is 1. The van der Waals surface area contributed by atoms with Crippen LogP contribution < -0.4 is 0 Å². The average molecular weight is 275 g/mol. The number of fused-ring (bicyclic) bond motifs is 1. The minimum atomic E-state index is 0.386. The summed E-state index contributed by atoms with van der Waals surface area (Å²) >= 11 is 0. The van der Waals surface area contributed by atoms with Crippen LogP contribution in [0.3, 0.4) is 0 Å². The second-order valence-corrected chi connectivity index (χ2v) is 6.01. The van der Waals surface area contributed by atoms with Crippen LogP contribution in [-0.4, -0.2) is 35.8 Å². The van der Waals surface area contributed by atoms with Crippen molar-refractivity contribution in [1.29, 1.82) is 0 Å². The normalized spacial score (nSPS) is 27.2. The molecule has 1 saturated heterocycles. The Hall–Kier alpha value is -1.06. The quantitative estimate of drug-likeness (QED) is 0.919. The number of benzene rings is 1. The first-order valence-corrected chi connectivity index (χ1v) is 7.95. The predicted molar refractivity (Wildman–Crippen MR) is 80.0 cm³/mol. The van der Waals surface area contributed by atoms with Gasteiger partial charge in [0.1, 0.15) is 5.75 Å². The van der Waals surface area contributed by atoms with Gasteiger partial charge in [-0.1, -0.05) is 6.07 Å². The number of hydrogen-bond donors (Lipinski definition) is 1. The predicted octanol–water partition coefficient (Wildman–Crippen LogP) is 3.27. The monoisotopic (exact) mass is 275 g/mol. The number of nitrogens with zero attached hydrogens (tertiary/aromatic N) is 1. The molecule has 0 bridgehead atoms. The van der Waals surface area contributed by atoms with Crippen LogP contribution in [0.25, 0.3) is 0 Å². The van der Waals surface area contributed by atoms with Crippen LogP contribution in [0, 0.1) is 0 Å². The topological polar surface area (TPSA) is 32.7 Å². The van der Waals surface area contributed by atoms with E-state index in [4.69, 9.17) is 4.74 Å². The van der Waals surface area contributed by atoms with E-state index in [1.807, 2.05) is 12.1 Å². The molecule has 20 heavy (non-hydrogen) atoms. The lowest BCUT2D eigenvalue weighted by atomic mass is 9.85. The lowest BCUT2D eigenvalue weighted by Gasteiger charge is -2.40. The van der Waals surface area contributed by atoms with E-state index >= 15 is 0 Å². The highest BCUT2D eigenvalue weighted by Crippen LogP contribution is 2.37. The Morgan fingerprint density at radius 3 is 3.05 bits per heavy atom. The maximum Gasteiger partial charge on any atom is 0.115 e. The van der Waals surface area contributed by atoms with Gasteiger partial charge in [-0.25, -0.2) is 0 Å². The number of rotatable bonds is 3. The summed E-state index contributed by atoms with van der Waals surface area (Å²) in [7, 11) is 0. The highest BCUT2D eigenvalue weighted by atomic mass is 16.5. The number of ether oxygens (including phenoxy) is 1. The molecule has 3 rings (SSSR count). The van der Waals surface area contributed by atoms with E-state index in [1.165, 1.54) is 36.8 Å². The molecule has 1 N–H and O–H groups in total. The summed E-state index contributed by atoms with van der Waals surface area (Å²) in [5, 5.41) is 9.80. The molecule has 0 amide bonds. The first-order chi connectivity index (χ1) is 9.78. The third kappa shape index (κ3) is 2.84. The van der Waals surface area contributed by atoms with Crippen LogP contribution in [0.2, 0.25) is 0 Å². The maximum atomic E-state index is 9.80. The summed E-state index contributed by atoms with van der Waals surface area (Å²) in [6.45, 7) is 5.07. The Labute approximate surface area is 121 Å². The van der Waals surface area contributed by atoms with Crippen molar-refractivity contribution >= 4 is 0 Å². The van der Waals surface area contributed by atoms with Crippen molar-refractivity contribution in [3.8, 4) is 5.75 Å². The van der Waals surface area contributed by atoms with Crippen molar-refractivity contribution in [3.05, 3.63) is 29.3 Å². The Morgan fingerprint density at radius 2 is 2.20 bits per heavy atom. The molecule has 1 aliphatic carbocycles. The van der Waals surface area contributed by atoms with Crippen molar-refractivity contribution in [2.75, 3.05) is 19.7 Å². The molecule has 1 fully saturated rings. The lowest BCUT2D eigenvalue weighted by molar-refractivity contribution is -0.0101. The molecule has 0 spiro atoms. The molecule has 3 nitrogen and oxygen atoms in total. The Morgan fingerprint density at radius 1 is 1.30 bits per heavy atom. The fraction of sp³-hybridized carbons (Fsp3) is 0.647. The third-order valence-electron chi connectivity index (χ3n) is 4.66. The highest BCUT2D eigenvalue weighted by molar-refractivity contribution is 5.38. The number of aryl methyl sites for hydroxylation is 1. The largest absolute Gasteiger partial charge is 0.508 e. The van der Waals surface area contributed by atoms with Gasteiger partial charge in [0.25, 0.3) is 0 Å². The van der Waals surface area contributed by atoms with Gasteiger partial charge in [0.2, 0.25) is 0 Å². The second kappa shape index (κ2) is 6.15. The molecule has 2 atom stereocenters. The SMILES string of the molecule is CCOC1CCCN(C2CCCc3ccc(O)cc32)C1. The zero-order valence-electron chi connectivity index (χ0n) is 12.3. The molecule has 1 aromatic rings. The van der Waals surface area contributed by atoms with Crippen molar-refractivity contribution in [2.24, 2.45) is 0 Å². The number of phenols is 1. The van der Waals surface area contributed by atoms with E-state index in [0.717, 1.165) is 26.1 Å². The average Bonchev–Trinajstić information content (AvgIpc) is 2.47. The van der Waals surface area contributed by atoms with Crippen LogP contribution in [0.1, 0.15) is 49.8 Å². The van der Waals surface area contributed by atoms with Crippen molar-refractivity contribution in [1.82, 2.24) is 4.90 Å². The number of aromatic hydroxyl groups is 1. The molecule has 110 valence electrons. The van der Waals surface area contributed by atoms with Crippen LogP contribution in [0.4, 0.5) is 0 Å². The summed E-state index contributed by atoms with van der Waals surface area (Å²) in [5.74, 6) is 0.397. The summed E-state index contributed by atoms with van der Waals surface area (Å²) in [6, 6.07) is 6.36. The highest BCUT2D eigenvalue weighted by Gasteiger charge is 2.30. The Bertz CT molecular complexity index is 458. The van der Waals surface area contributed by atoms with E-state index in [-0.39, 0.29) is 0 Å². The molecular formula is C17H25NO2. The minimum absolute atomic E-state index is 0.386. The van der Waals surface area contributed by atoms with Crippen LogP contribution in [0.15, 0.2) is 18.2 Å². The summed E-state index contributed by atoms with van der Waals surface area (Å²) in [4.78, 5) is 2.57. The number of hydrogen-bond acceptors (Lipinski definition) is 3. The maximum absolute atomic E-state index is 9.80. The van der Waals surface area contributed by atoms with Gasteiger partial charge in [-0.2, -0.15) is 0 Å². The minimum Gasteiger partial charge on any atom is -0.508 e. The van der Waals surface area contributed by atoms with Gasteiger partial charge in [0.05, 0.1) is 6.10 Å². The van der Waals surface area contributed by atoms with Gasteiger partial charge >= 0.3 is 0 Å². The van der Waals surface area contributed by atoms with Gasteiger partial charge in [-0.05, 0) is 68.8 Å². The molecular weight excluding hydrogens is 250 g/mol. The number of phenolic OH excluding ortho intramolecular Hbond substituents is 1. The van der Waals surface area contributed by atoms with Crippen LogP contribution in [0.5, 0.6) is 5.75 Å². The van der Waals surface area contributed by atoms with E-state index in [1.54, 1.807) is 0 Å². The summed E-state index contributed by atoms with van der Waals surface area (Å²) in [6.07, 6.45) is 6.39. The third-order valence-corrected chi connectivity index (χ3v) is 4.66. The second-order valence-electron chi connectivity index (χ2n) is 6.01.